The summed E-state index contributed by atoms with van der Waals surface area (Å²) in [7, 11) is 3.78. The summed E-state index contributed by atoms with van der Waals surface area (Å²) in [6.07, 6.45) is 26.3. The third-order valence-electron chi connectivity index (χ3n) is 6.66. The highest BCUT2D eigenvalue weighted by Crippen LogP contribution is 2.39. The summed E-state index contributed by atoms with van der Waals surface area (Å²) in [5.74, 6) is 1.56. The van der Waals surface area contributed by atoms with E-state index in [9.17, 15) is 9.59 Å². The van der Waals surface area contributed by atoms with E-state index in [1.54, 1.807) is 0 Å². The molecule has 1 aliphatic heterocycles. The van der Waals surface area contributed by atoms with Crippen LogP contribution >= 0.6 is 0 Å². The van der Waals surface area contributed by atoms with Crippen LogP contribution in [0.3, 0.4) is 0 Å². The maximum absolute atomic E-state index is 12.3. The van der Waals surface area contributed by atoms with Gasteiger partial charge >= 0.3 is 0 Å². The molecular weight excluding hydrogens is 482 g/mol. The smallest absolute Gasteiger partial charge is 0.227 e. The van der Waals surface area contributed by atoms with Crippen molar-refractivity contribution in [3.8, 4) is 0 Å². The highest BCUT2D eigenvalue weighted by Gasteiger charge is 2.35. The molecule has 1 heterocycles. The van der Waals surface area contributed by atoms with Crippen LogP contribution in [0, 0.1) is 16.7 Å². The van der Waals surface area contributed by atoms with Crippen molar-refractivity contribution in [1.29, 1.82) is 0 Å². The monoisotopic (exact) mass is 539 g/mol. The Labute approximate surface area is 240 Å². The Morgan fingerprint density at radius 2 is 1.74 bits per heavy atom. The zero-order valence-corrected chi connectivity index (χ0v) is 26.0. The van der Waals surface area contributed by atoms with Gasteiger partial charge in [-0.1, -0.05) is 83.6 Å². The first-order valence-corrected chi connectivity index (χ1v) is 14.6. The number of nitrogens with one attached hydrogen (secondary N) is 2. The molecule has 2 N–H and O–H groups in total. The number of carbonyl (C=O) groups excluding carboxylic acids is 2. The second-order valence-corrected chi connectivity index (χ2v) is 11.4. The van der Waals surface area contributed by atoms with Gasteiger partial charge in [0.2, 0.25) is 5.91 Å². The molecule has 5 heteroatoms. The number of rotatable bonds is 10. The summed E-state index contributed by atoms with van der Waals surface area (Å²) in [6, 6.07) is 0. The van der Waals surface area contributed by atoms with Crippen LogP contribution in [0.1, 0.15) is 92.4 Å². The van der Waals surface area contributed by atoms with Crippen molar-refractivity contribution in [2.75, 3.05) is 20.6 Å². The number of carbonyl (C=O) groups is 2. The number of nitrogens with zero attached hydrogens (tertiary/aromatic N) is 1. The molecule has 2 rings (SSSR count). The number of hydrogen-bond donors (Lipinski definition) is 2. The van der Waals surface area contributed by atoms with E-state index in [-0.39, 0.29) is 11.3 Å². The topological polar surface area (TPSA) is 61.4 Å². The molecule has 0 fully saturated rings. The number of aldehydes is 1. The van der Waals surface area contributed by atoms with Crippen LogP contribution in [0.25, 0.3) is 0 Å². The van der Waals surface area contributed by atoms with E-state index in [0.717, 1.165) is 62.7 Å². The molecule has 2 atom stereocenters. The Bertz CT molecular complexity index is 852. The number of amides is 1. The molecule has 0 bridgehead atoms. The number of unbranched alkanes of at least 4 members (excludes halogenated alkanes) is 1. The summed E-state index contributed by atoms with van der Waals surface area (Å²) < 4.78 is 0. The molecule has 2 aliphatic rings. The third-order valence-corrected chi connectivity index (χ3v) is 6.66. The first-order chi connectivity index (χ1) is 18.6. The van der Waals surface area contributed by atoms with Gasteiger partial charge in [0.15, 0.2) is 0 Å². The predicted molar refractivity (Wildman–Crippen MR) is 169 cm³/mol. The van der Waals surface area contributed by atoms with Crippen molar-refractivity contribution in [2.45, 2.75) is 92.4 Å². The molecule has 0 spiro atoms. The van der Waals surface area contributed by atoms with Gasteiger partial charge in [0.25, 0.3) is 0 Å². The normalized spacial score (nSPS) is 22.1. The van der Waals surface area contributed by atoms with Crippen molar-refractivity contribution in [2.24, 2.45) is 16.7 Å². The van der Waals surface area contributed by atoms with Crippen molar-refractivity contribution in [1.82, 2.24) is 15.5 Å². The van der Waals surface area contributed by atoms with Gasteiger partial charge in [-0.25, -0.2) is 0 Å². The predicted octanol–water partition coefficient (Wildman–Crippen LogP) is 7.86. The summed E-state index contributed by atoms with van der Waals surface area (Å²) >= 11 is 0. The molecule has 2 unspecified atom stereocenters. The van der Waals surface area contributed by atoms with Crippen LogP contribution in [0.4, 0.5) is 0 Å². The Balaban J connectivity index is 0.00000139. The standard InChI is InChI=1S/C25H39N3O2.C6H10.C3H8/c1-24(2,3)23(30)28(5)18-10-13-20-11-6-7-15-25(19-29,16-8-12-20)21-14-9-17-27-22(21)26-4;1-3-5-6-4-2;1-3-2/h6-9,12,17,19-20,26-27H,10-11,13-16,18H2,1-5H3;3-4H,1-2,5-6H2;3H2,1-2H3/b7-6+,12-8+;;. The van der Waals surface area contributed by atoms with Crippen molar-refractivity contribution in [3.05, 3.63) is 73.3 Å². The second kappa shape index (κ2) is 20.1. The molecule has 1 aliphatic carbocycles. The van der Waals surface area contributed by atoms with Gasteiger partial charge in [0.1, 0.15) is 12.1 Å². The SMILES string of the molecule is C=CCCC=C.CCC.CNC1=C(C2(C=O)C/C=C/CC(CCCN(C)C(=O)C(C)(C)C)/C=C/C2)CC=CN1. The van der Waals surface area contributed by atoms with Crippen LogP contribution in [0.2, 0.25) is 0 Å². The van der Waals surface area contributed by atoms with E-state index in [2.05, 4.69) is 68.0 Å². The lowest BCUT2D eigenvalue weighted by molar-refractivity contribution is -0.138. The summed E-state index contributed by atoms with van der Waals surface area (Å²) in [5, 5.41) is 6.45. The van der Waals surface area contributed by atoms with Crippen LogP contribution in [0.15, 0.2) is 73.3 Å². The van der Waals surface area contributed by atoms with Gasteiger partial charge in [-0.3, -0.25) is 4.79 Å². The first-order valence-electron chi connectivity index (χ1n) is 14.6. The average Bonchev–Trinajstić information content (AvgIpc) is 3.02. The fourth-order valence-corrected chi connectivity index (χ4v) is 4.51. The van der Waals surface area contributed by atoms with Crippen molar-refractivity contribution >= 4 is 12.2 Å². The van der Waals surface area contributed by atoms with Crippen LogP contribution in [0.5, 0.6) is 0 Å². The molecule has 0 radical (unpaired) electrons. The van der Waals surface area contributed by atoms with Gasteiger partial charge < -0.3 is 20.3 Å². The van der Waals surface area contributed by atoms with E-state index < -0.39 is 5.41 Å². The maximum atomic E-state index is 12.3. The lowest BCUT2D eigenvalue weighted by Crippen LogP contribution is -2.37. The zero-order valence-electron chi connectivity index (χ0n) is 26.0. The van der Waals surface area contributed by atoms with E-state index in [1.165, 1.54) is 6.42 Å². The molecular formula is C34H57N3O2. The Kier molecular flexibility index (Phi) is 18.7. The highest BCUT2D eigenvalue weighted by molar-refractivity contribution is 5.81. The van der Waals surface area contributed by atoms with E-state index in [1.807, 2.05) is 58.1 Å². The van der Waals surface area contributed by atoms with Gasteiger partial charge in [0, 0.05) is 26.1 Å². The Morgan fingerprint density at radius 3 is 2.28 bits per heavy atom. The molecule has 0 aromatic rings. The molecule has 5 nitrogen and oxygen atoms in total. The van der Waals surface area contributed by atoms with E-state index in [4.69, 9.17) is 0 Å². The van der Waals surface area contributed by atoms with Gasteiger partial charge in [-0.05, 0) is 69.1 Å². The summed E-state index contributed by atoms with van der Waals surface area (Å²) in [5.41, 5.74) is 0.271. The minimum absolute atomic E-state index is 0.187. The lowest BCUT2D eigenvalue weighted by Gasteiger charge is -2.32. The second-order valence-electron chi connectivity index (χ2n) is 11.4. The van der Waals surface area contributed by atoms with Crippen LogP contribution in [-0.2, 0) is 9.59 Å². The quantitative estimate of drug-likeness (QED) is 0.168. The molecule has 39 heavy (non-hydrogen) atoms. The van der Waals surface area contributed by atoms with E-state index in [0.29, 0.717) is 18.8 Å². The van der Waals surface area contributed by atoms with Crippen LogP contribution in [-0.4, -0.2) is 37.7 Å². The molecule has 0 aromatic heterocycles. The molecule has 0 saturated heterocycles. The molecule has 1 amide bonds. The average molecular weight is 540 g/mol. The minimum Gasteiger partial charge on any atom is -0.375 e. The molecule has 220 valence electrons. The van der Waals surface area contributed by atoms with Crippen molar-refractivity contribution in [3.63, 3.8) is 0 Å². The largest absolute Gasteiger partial charge is 0.375 e. The lowest BCUT2D eigenvalue weighted by atomic mass is 9.73. The zero-order chi connectivity index (χ0) is 29.7. The first kappa shape index (κ1) is 36.2. The van der Waals surface area contributed by atoms with Crippen LogP contribution < -0.4 is 10.6 Å². The number of allylic oxidation sites excluding steroid dienone is 8. The van der Waals surface area contributed by atoms with Gasteiger partial charge in [0.05, 0.1) is 5.41 Å². The highest BCUT2D eigenvalue weighted by atomic mass is 16.2. The fourth-order valence-electron chi connectivity index (χ4n) is 4.51. The van der Waals surface area contributed by atoms with Gasteiger partial charge in [-0.2, -0.15) is 0 Å². The fraction of sp³-hybridized carbons (Fsp3) is 0.588. The number of hydrogen-bond acceptors (Lipinski definition) is 4. The summed E-state index contributed by atoms with van der Waals surface area (Å²) in [6.45, 7) is 18.0. The van der Waals surface area contributed by atoms with Gasteiger partial charge in [-0.15, -0.1) is 13.2 Å². The molecule has 0 saturated carbocycles. The maximum Gasteiger partial charge on any atom is 0.227 e. The minimum atomic E-state index is -0.517. The Hall–Kier alpha value is -2.82. The number of dihydropyridines is 1. The van der Waals surface area contributed by atoms with E-state index >= 15 is 0 Å². The summed E-state index contributed by atoms with van der Waals surface area (Å²) in [4.78, 5) is 26.5. The Morgan fingerprint density at radius 1 is 1.13 bits per heavy atom. The molecule has 0 aromatic carbocycles. The third kappa shape index (κ3) is 13.7. The van der Waals surface area contributed by atoms with Crippen molar-refractivity contribution < 1.29 is 9.59 Å².